The van der Waals surface area contributed by atoms with Gasteiger partial charge >= 0.3 is 5.97 Å². The Bertz CT molecular complexity index is 428. The molecule has 0 aliphatic heterocycles. The van der Waals surface area contributed by atoms with Crippen molar-refractivity contribution in [3.05, 3.63) is 11.7 Å². The minimum absolute atomic E-state index is 0.0189. The van der Waals surface area contributed by atoms with Crippen LogP contribution in [0.3, 0.4) is 0 Å². The molecule has 1 aromatic rings. The lowest BCUT2D eigenvalue weighted by Crippen LogP contribution is -2.35. The van der Waals surface area contributed by atoms with Crippen molar-refractivity contribution in [2.45, 2.75) is 25.3 Å². The average molecular weight is 268 g/mol. The van der Waals surface area contributed by atoms with E-state index in [1.807, 2.05) is 19.0 Å². The molecule has 1 N–H and O–H groups in total. The molecule has 0 radical (unpaired) electrons. The zero-order valence-electron chi connectivity index (χ0n) is 11.4. The highest BCUT2D eigenvalue weighted by Crippen LogP contribution is 2.38. The molecule has 0 spiro atoms. The molecular weight excluding hydrogens is 248 g/mol. The summed E-state index contributed by atoms with van der Waals surface area (Å²) in [6, 6.07) is 0. The summed E-state index contributed by atoms with van der Waals surface area (Å²) >= 11 is 0. The van der Waals surface area contributed by atoms with Gasteiger partial charge in [0, 0.05) is 19.0 Å². The predicted molar refractivity (Wildman–Crippen MR) is 67.7 cm³/mol. The van der Waals surface area contributed by atoms with Gasteiger partial charge in [0.05, 0.1) is 13.1 Å². The largest absolute Gasteiger partial charge is 0.480 e. The second-order valence-corrected chi connectivity index (χ2v) is 5.23. The highest BCUT2D eigenvalue weighted by atomic mass is 16.5. The second-order valence-electron chi connectivity index (χ2n) is 5.23. The molecule has 0 aromatic carbocycles. The van der Waals surface area contributed by atoms with Crippen molar-refractivity contribution in [1.29, 1.82) is 0 Å². The quantitative estimate of drug-likeness (QED) is 0.730. The molecule has 19 heavy (non-hydrogen) atoms. The Morgan fingerprint density at radius 2 is 2.16 bits per heavy atom. The van der Waals surface area contributed by atoms with Crippen molar-refractivity contribution < 1.29 is 14.4 Å². The van der Waals surface area contributed by atoms with Crippen molar-refractivity contribution in [3.8, 4) is 0 Å². The van der Waals surface area contributed by atoms with Crippen LogP contribution in [0.4, 0.5) is 0 Å². The molecule has 1 aliphatic rings. The fraction of sp³-hybridized carbons (Fsp3) is 0.750. The van der Waals surface area contributed by atoms with Gasteiger partial charge in [-0.3, -0.25) is 9.69 Å². The first-order valence-electron chi connectivity index (χ1n) is 6.46. The smallest absolute Gasteiger partial charge is 0.317 e. The maximum atomic E-state index is 10.8. The van der Waals surface area contributed by atoms with Crippen LogP contribution in [-0.4, -0.2) is 64.7 Å². The molecule has 0 amide bonds. The number of hydrogen-bond donors (Lipinski definition) is 1. The third-order valence-electron chi connectivity index (χ3n) is 3.01. The molecule has 1 saturated carbocycles. The van der Waals surface area contributed by atoms with Crippen LogP contribution >= 0.6 is 0 Å². The number of carbonyl (C=O) groups is 1. The molecule has 1 aliphatic carbocycles. The lowest BCUT2D eigenvalue weighted by atomic mass is 10.4. The highest BCUT2D eigenvalue weighted by molar-refractivity contribution is 5.69. The number of aliphatic carboxylic acids is 1. The third kappa shape index (κ3) is 4.60. The predicted octanol–water partition coefficient (Wildman–Crippen LogP) is 0.395. The Kier molecular flexibility index (Phi) is 4.49. The number of carboxylic acids is 1. The fourth-order valence-electron chi connectivity index (χ4n) is 1.78. The number of rotatable bonds is 8. The summed E-state index contributed by atoms with van der Waals surface area (Å²) in [6.45, 7) is 1.81. The number of likely N-dealkylation sites (N-methyl/N-ethyl adjacent to an activating group) is 1. The van der Waals surface area contributed by atoms with Crippen LogP contribution in [0.2, 0.25) is 0 Å². The first-order valence-corrected chi connectivity index (χ1v) is 6.46. The fourth-order valence-corrected chi connectivity index (χ4v) is 1.78. The van der Waals surface area contributed by atoms with Gasteiger partial charge in [-0.2, -0.15) is 4.98 Å². The summed E-state index contributed by atoms with van der Waals surface area (Å²) in [7, 11) is 3.91. The van der Waals surface area contributed by atoms with Crippen molar-refractivity contribution in [2.75, 3.05) is 33.7 Å². The van der Waals surface area contributed by atoms with Crippen LogP contribution in [0.5, 0.6) is 0 Å². The Morgan fingerprint density at radius 3 is 2.74 bits per heavy atom. The molecule has 0 saturated heterocycles. The minimum Gasteiger partial charge on any atom is -0.480 e. The molecule has 2 rings (SSSR count). The van der Waals surface area contributed by atoms with E-state index in [9.17, 15) is 4.79 Å². The first-order chi connectivity index (χ1) is 9.04. The topological polar surface area (TPSA) is 82.7 Å². The van der Waals surface area contributed by atoms with Gasteiger partial charge in [-0.25, -0.2) is 0 Å². The van der Waals surface area contributed by atoms with E-state index in [-0.39, 0.29) is 6.54 Å². The van der Waals surface area contributed by atoms with Crippen LogP contribution in [0.15, 0.2) is 4.52 Å². The first kappa shape index (κ1) is 14.0. The lowest BCUT2D eigenvalue weighted by Gasteiger charge is -2.20. The maximum absolute atomic E-state index is 10.8. The van der Waals surface area contributed by atoms with Crippen LogP contribution < -0.4 is 0 Å². The molecular formula is C12H20N4O3. The SMILES string of the molecule is CN(C)CCN(CC(=O)O)Cc1nc(C2CC2)no1. The highest BCUT2D eigenvalue weighted by Gasteiger charge is 2.29. The summed E-state index contributed by atoms with van der Waals surface area (Å²) in [5.74, 6) is 0.868. The van der Waals surface area contributed by atoms with Crippen molar-refractivity contribution >= 4 is 5.97 Å². The molecule has 1 heterocycles. The van der Waals surface area contributed by atoms with Gasteiger partial charge in [0.1, 0.15) is 0 Å². The van der Waals surface area contributed by atoms with E-state index < -0.39 is 5.97 Å². The van der Waals surface area contributed by atoms with Crippen LogP contribution in [0.1, 0.15) is 30.5 Å². The van der Waals surface area contributed by atoms with Crippen molar-refractivity contribution in [1.82, 2.24) is 19.9 Å². The Morgan fingerprint density at radius 1 is 1.42 bits per heavy atom. The van der Waals surface area contributed by atoms with E-state index in [1.165, 1.54) is 0 Å². The maximum Gasteiger partial charge on any atom is 0.317 e. The van der Waals surface area contributed by atoms with Crippen LogP contribution in [-0.2, 0) is 11.3 Å². The normalized spacial score (nSPS) is 15.4. The van der Waals surface area contributed by atoms with Gasteiger partial charge in [0.15, 0.2) is 5.82 Å². The molecule has 7 nitrogen and oxygen atoms in total. The van der Waals surface area contributed by atoms with Gasteiger partial charge in [0.25, 0.3) is 0 Å². The van der Waals surface area contributed by atoms with E-state index in [0.717, 1.165) is 25.2 Å². The van der Waals surface area contributed by atoms with Crippen molar-refractivity contribution in [3.63, 3.8) is 0 Å². The zero-order valence-corrected chi connectivity index (χ0v) is 11.4. The van der Waals surface area contributed by atoms with E-state index in [2.05, 4.69) is 10.1 Å². The Labute approximate surface area is 112 Å². The molecule has 1 aromatic heterocycles. The molecule has 0 bridgehead atoms. The summed E-state index contributed by atoms with van der Waals surface area (Å²) in [6.07, 6.45) is 2.25. The monoisotopic (exact) mass is 268 g/mol. The summed E-state index contributed by atoms with van der Waals surface area (Å²) < 4.78 is 5.18. The summed E-state index contributed by atoms with van der Waals surface area (Å²) in [5.41, 5.74) is 0. The molecule has 106 valence electrons. The van der Waals surface area contributed by atoms with Crippen molar-refractivity contribution in [2.24, 2.45) is 0 Å². The molecule has 1 fully saturated rings. The number of aromatic nitrogens is 2. The van der Waals surface area contributed by atoms with Gasteiger partial charge in [-0.15, -0.1) is 0 Å². The average Bonchev–Trinajstić information content (AvgIpc) is 3.07. The molecule has 0 atom stereocenters. The molecule has 0 unspecified atom stereocenters. The zero-order chi connectivity index (χ0) is 13.8. The van der Waals surface area contributed by atoms with Gasteiger partial charge in [-0.1, -0.05) is 5.16 Å². The number of hydrogen-bond acceptors (Lipinski definition) is 6. The third-order valence-corrected chi connectivity index (χ3v) is 3.01. The van der Waals surface area contributed by atoms with Crippen LogP contribution in [0.25, 0.3) is 0 Å². The lowest BCUT2D eigenvalue weighted by molar-refractivity contribution is -0.138. The van der Waals surface area contributed by atoms with E-state index in [1.54, 1.807) is 4.90 Å². The number of nitrogens with zero attached hydrogens (tertiary/aromatic N) is 4. The van der Waals surface area contributed by atoms with Gasteiger partial charge in [0.2, 0.25) is 5.89 Å². The minimum atomic E-state index is -0.847. The summed E-state index contributed by atoms with van der Waals surface area (Å²) in [5, 5.41) is 12.8. The second kappa shape index (κ2) is 6.12. The Hall–Kier alpha value is -1.47. The van der Waals surface area contributed by atoms with Gasteiger partial charge in [-0.05, 0) is 26.9 Å². The van der Waals surface area contributed by atoms with Gasteiger partial charge < -0.3 is 14.5 Å². The van der Waals surface area contributed by atoms with E-state index in [4.69, 9.17) is 9.63 Å². The standard InChI is InChI=1S/C12H20N4O3/c1-15(2)5-6-16(8-11(17)18)7-10-13-12(14-19-10)9-3-4-9/h9H,3-8H2,1-2H3,(H,17,18). The molecule has 7 heteroatoms. The van der Waals surface area contributed by atoms with E-state index >= 15 is 0 Å². The van der Waals surface area contributed by atoms with E-state index in [0.29, 0.717) is 24.9 Å². The van der Waals surface area contributed by atoms with Crippen LogP contribution in [0, 0.1) is 0 Å². The number of carboxylic acid groups (broad SMARTS) is 1. The Balaban J connectivity index is 1.90. The summed E-state index contributed by atoms with van der Waals surface area (Å²) in [4.78, 5) is 19.0.